The number of benzene rings is 2. The summed E-state index contributed by atoms with van der Waals surface area (Å²) in [5.74, 6) is -1.02. The van der Waals surface area contributed by atoms with Crippen molar-refractivity contribution in [2.24, 2.45) is 0 Å². The Morgan fingerprint density at radius 3 is 2.58 bits per heavy atom. The Balaban J connectivity index is 1.46. The Bertz CT molecular complexity index is 1150. The second kappa shape index (κ2) is 7.98. The minimum absolute atomic E-state index is 0.0448. The van der Waals surface area contributed by atoms with Crippen molar-refractivity contribution in [2.75, 3.05) is 18.5 Å². The van der Waals surface area contributed by atoms with E-state index in [0.717, 1.165) is 40.7 Å². The van der Waals surface area contributed by atoms with Crippen LogP contribution >= 0.6 is 0 Å². The number of H-pyrrole nitrogens is 1. The molecule has 1 saturated carbocycles. The maximum atomic E-state index is 12.9. The van der Waals surface area contributed by atoms with Crippen molar-refractivity contribution in [3.05, 3.63) is 53.7 Å². The van der Waals surface area contributed by atoms with Crippen molar-refractivity contribution in [3.63, 3.8) is 0 Å². The fraction of sp³-hybridized carbons (Fsp3) is 0.333. The van der Waals surface area contributed by atoms with E-state index in [1.165, 1.54) is 12.1 Å². The van der Waals surface area contributed by atoms with Crippen LogP contribution in [0.5, 0.6) is 11.5 Å². The second-order valence-electron chi connectivity index (χ2n) is 8.06. The number of carbonyl (C=O) groups is 2. The number of nitrogens with one attached hydrogen (secondary N) is 2. The fourth-order valence-corrected chi connectivity index (χ4v) is 3.92. The summed E-state index contributed by atoms with van der Waals surface area (Å²) < 4.78 is 5.09. The first kappa shape index (κ1) is 20.8. The van der Waals surface area contributed by atoms with Crippen LogP contribution in [0.3, 0.4) is 0 Å². The standard InChI is InChI=1S/C24H26N2O5/c1-3-31-23(30)14(2)19-11-15-10-17(5-6-18(15)26-19)25-13-22(29)24(8-9-24)16-4-7-20(27)21(28)12-16/h4-7,10-12,14,25-28H,3,8-9,13H2,1-2H3. The van der Waals surface area contributed by atoms with Gasteiger partial charge in [0.05, 0.1) is 24.5 Å². The number of esters is 1. The lowest BCUT2D eigenvalue weighted by Crippen LogP contribution is -2.27. The summed E-state index contributed by atoms with van der Waals surface area (Å²) in [6.07, 6.45) is 1.45. The highest BCUT2D eigenvalue weighted by Gasteiger charge is 2.50. The molecule has 4 rings (SSSR count). The van der Waals surface area contributed by atoms with Crippen molar-refractivity contribution in [1.29, 1.82) is 0 Å². The number of hydrogen-bond donors (Lipinski definition) is 4. The van der Waals surface area contributed by atoms with E-state index in [4.69, 9.17) is 4.74 Å². The van der Waals surface area contributed by atoms with Crippen LogP contribution in [0.25, 0.3) is 10.9 Å². The molecule has 3 aromatic rings. The van der Waals surface area contributed by atoms with Crippen LogP contribution in [0.4, 0.5) is 5.69 Å². The lowest BCUT2D eigenvalue weighted by atomic mass is 9.91. The molecule has 4 N–H and O–H groups in total. The van der Waals surface area contributed by atoms with Gasteiger partial charge in [-0.3, -0.25) is 9.59 Å². The highest BCUT2D eigenvalue weighted by molar-refractivity contribution is 5.96. The van der Waals surface area contributed by atoms with Gasteiger partial charge in [0.15, 0.2) is 17.3 Å². The third-order valence-corrected chi connectivity index (χ3v) is 6.01. The summed E-state index contributed by atoms with van der Waals surface area (Å²) in [7, 11) is 0. The number of phenols is 2. The highest BCUT2D eigenvalue weighted by atomic mass is 16.5. The van der Waals surface area contributed by atoms with Crippen molar-refractivity contribution >= 4 is 28.3 Å². The van der Waals surface area contributed by atoms with Gasteiger partial charge in [0.25, 0.3) is 0 Å². The van der Waals surface area contributed by atoms with Gasteiger partial charge in [-0.05, 0) is 68.7 Å². The Morgan fingerprint density at radius 1 is 1.13 bits per heavy atom. The molecule has 7 nitrogen and oxygen atoms in total. The lowest BCUT2D eigenvalue weighted by Gasteiger charge is -2.16. The SMILES string of the molecule is CCOC(=O)C(C)c1cc2cc(NCC(=O)C3(c4ccc(O)c(O)c4)CC3)ccc2[nH]1. The smallest absolute Gasteiger partial charge is 0.314 e. The molecule has 1 atom stereocenters. The van der Waals surface area contributed by atoms with Crippen molar-refractivity contribution < 1.29 is 24.5 Å². The first-order chi connectivity index (χ1) is 14.8. The number of rotatable bonds is 8. The summed E-state index contributed by atoms with van der Waals surface area (Å²) in [6, 6.07) is 12.2. The van der Waals surface area contributed by atoms with Gasteiger partial charge in [-0.25, -0.2) is 0 Å². The average molecular weight is 422 g/mol. The summed E-state index contributed by atoms with van der Waals surface area (Å²) in [5.41, 5.74) is 2.62. The highest BCUT2D eigenvalue weighted by Crippen LogP contribution is 2.50. The first-order valence-electron chi connectivity index (χ1n) is 10.4. The van der Waals surface area contributed by atoms with Crippen molar-refractivity contribution in [1.82, 2.24) is 4.98 Å². The van der Waals surface area contributed by atoms with E-state index >= 15 is 0 Å². The Kier molecular flexibility index (Phi) is 5.35. The number of aromatic hydroxyl groups is 2. The van der Waals surface area contributed by atoms with Gasteiger partial charge >= 0.3 is 5.97 Å². The number of aromatic nitrogens is 1. The van der Waals surface area contributed by atoms with Gasteiger partial charge in [0.2, 0.25) is 0 Å². The van der Waals surface area contributed by atoms with E-state index in [9.17, 15) is 19.8 Å². The Morgan fingerprint density at radius 2 is 1.90 bits per heavy atom. The maximum absolute atomic E-state index is 12.9. The van der Waals surface area contributed by atoms with Crippen LogP contribution in [-0.4, -0.2) is 40.1 Å². The van der Waals surface area contributed by atoms with E-state index < -0.39 is 5.41 Å². The van der Waals surface area contributed by atoms with Gasteiger partial charge in [0, 0.05) is 22.3 Å². The zero-order chi connectivity index (χ0) is 22.2. The van der Waals surface area contributed by atoms with E-state index in [0.29, 0.717) is 6.61 Å². The molecule has 1 unspecified atom stereocenters. The van der Waals surface area contributed by atoms with Gasteiger partial charge in [0.1, 0.15) is 0 Å². The summed E-state index contributed by atoms with van der Waals surface area (Å²) in [4.78, 5) is 28.2. The number of ether oxygens (including phenoxy) is 1. The zero-order valence-corrected chi connectivity index (χ0v) is 17.6. The summed E-state index contributed by atoms with van der Waals surface area (Å²) >= 11 is 0. The molecule has 0 aliphatic heterocycles. The molecule has 1 fully saturated rings. The predicted octanol–water partition coefficient (Wildman–Crippen LogP) is 3.96. The van der Waals surface area contributed by atoms with Gasteiger partial charge in [-0.2, -0.15) is 0 Å². The van der Waals surface area contributed by atoms with Crippen LogP contribution < -0.4 is 5.32 Å². The quantitative estimate of drug-likeness (QED) is 0.323. The molecule has 2 aromatic carbocycles. The first-order valence-corrected chi connectivity index (χ1v) is 10.4. The number of ketones is 1. The van der Waals surface area contributed by atoms with E-state index in [1.54, 1.807) is 19.9 Å². The van der Waals surface area contributed by atoms with Crippen molar-refractivity contribution in [2.45, 2.75) is 38.0 Å². The normalized spacial score (nSPS) is 15.4. The average Bonchev–Trinajstić information content (AvgIpc) is 3.46. The van der Waals surface area contributed by atoms with Crippen LogP contribution in [0.1, 0.15) is 43.9 Å². The molecule has 0 amide bonds. The number of hydrogen-bond acceptors (Lipinski definition) is 6. The predicted molar refractivity (Wildman–Crippen MR) is 118 cm³/mol. The number of aromatic amines is 1. The van der Waals surface area contributed by atoms with Gasteiger partial charge in [-0.1, -0.05) is 6.07 Å². The monoisotopic (exact) mass is 422 g/mol. The molecule has 1 heterocycles. The third kappa shape index (κ3) is 3.95. The molecule has 0 saturated heterocycles. The largest absolute Gasteiger partial charge is 0.504 e. The maximum Gasteiger partial charge on any atom is 0.314 e. The molecule has 1 aliphatic rings. The van der Waals surface area contributed by atoms with E-state index in [2.05, 4.69) is 10.3 Å². The number of anilines is 1. The van der Waals surface area contributed by atoms with E-state index in [-0.39, 0.29) is 35.7 Å². The lowest BCUT2D eigenvalue weighted by molar-refractivity contribution is -0.144. The third-order valence-electron chi connectivity index (χ3n) is 6.01. The molecule has 162 valence electrons. The van der Waals surface area contributed by atoms with Gasteiger partial charge in [-0.15, -0.1) is 0 Å². The molecular formula is C24H26N2O5. The second-order valence-corrected chi connectivity index (χ2v) is 8.06. The van der Waals surface area contributed by atoms with Gasteiger partial charge < -0.3 is 25.3 Å². The Hall–Kier alpha value is -3.48. The van der Waals surface area contributed by atoms with Crippen LogP contribution in [0.15, 0.2) is 42.5 Å². The van der Waals surface area contributed by atoms with E-state index in [1.807, 2.05) is 24.3 Å². The molecule has 1 aliphatic carbocycles. The summed E-state index contributed by atoms with van der Waals surface area (Å²) in [5, 5.41) is 23.4. The van der Waals surface area contributed by atoms with Crippen LogP contribution in [-0.2, 0) is 19.7 Å². The van der Waals surface area contributed by atoms with Crippen LogP contribution in [0.2, 0.25) is 0 Å². The minimum atomic E-state index is -0.599. The van der Waals surface area contributed by atoms with Crippen LogP contribution in [0, 0.1) is 0 Å². The fourth-order valence-electron chi connectivity index (χ4n) is 3.92. The molecule has 0 spiro atoms. The summed E-state index contributed by atoms with van der Waals surface area (Å²) in [6.45, 7) is 4.09. The van der Waals surface area contributed by atoms with Crippen molar-refractivity contribution in [3.8, 4) is 11.5 Å². The Labute approximate surface area is 180 Å². The number of phenolic OH excluding ortho intramolecular Hbond substituents is 2. The molecule has 1 aromatic heterocycles. The topological polar surface area (TPSA) is 112 Å². The molecular weight excluding hydrogens is 396 g/mol. The molecule has 7 heteroatoms. The number of carbonyl (C=O) groups excluding carboxylic acids is 2. The zero-order valence-electron chi connectivity index (χ0n) is 17.6. The number of fused-ring (bicyclic) bond motifs is 1. The minimum Gasteiger partial charge on any atom is -0.504 e. The molecule has 0 bridgehead atoms. The molecule has 31 heavy (non-hydrogen) atoms. The molecule has 0 radical (unpaired) electrons. The number of Topliss-reactive ketones (excluding diaryl/α,β-unsaturated/α-hetero) is 1.